The molecule has 2 amide bonds. The van der Waals surface area contributed by atoms with Crippen molar-refractivity contribution < 1.29 is 40.7 Å². The number of nitrogens with one attached hydrogen (secondary N) is 2. The highest BCUT2D eigenvalue weighted by Crippen LogP contribution is 2.39. The molecule has 0 spiro atoms. The molecule has 2 N–H and O–H groups in total. The van der Waals surface area contributed by atoms with Gasteiger partial charge in [-0.05, 0) is 43.4 Å². The number of aryl methyl sites for hydroxylation is 1. The summed E-state index contributed by atoms with van der Waals surface area (Å²) in [5, 5.41) is 3.71. The summed E-state index contributed by atoms with van der Waals surface area (Å²) in [6.45, 7) is 0. The van der Waals surface area contributed by atoms with Crippen LogP contribution in [0.5, 0.6) is 5.75 Å². The van der Waals surface area contributed by atoms with Gasteiger partial charge in [-0.1, -0.05) is 18.6 Å². The number of benzene rings is 1. The van der Waals surface area contributed by atoms with Crippen LogP contribution in [-0.2, 0) is 17.6 Å². The van der Waals surface area contributed by atoms with E-state index < -0.39 is 30.1 Å². The lowest BCUT2D eigenvalue weighted by molar-refractivity contribution is -0.274. The number of fused-ring (bicyclic) bond motifs is 1. The molecule has 1 aliphatic carbocycles. The van der Waals surface area contributed by atoms with Gasteiger partial charge in [-0.15, -0.1) is 24.5 Å². The molecule has 0 radical (unpaired) electrons. The van der Waals surface area contributed by atoms with Crippen LogP contribution in [0.15, 0.2) is 24.3 Å². The van der Waals surface area contributed by atoms with Gasteiger partial charge in [-0.25, -0.2) is 0 Å². The molecular formula is C19H16F6N2O3S. The van der Waals surface area contributed by atoms with Crippen molar-refractivity contribution in [2.24, 2.45) is 0 Å². The maximum absolute atomic E-state index is 13.0. The first-order valence-corrected chi connectivity index (χ1v) is 9.96. The molecule has 1 aromatic heterocycles. The molecule has 0 atom stereocenters. The Hall–Kier alpha value is -2.76. The minimum Gasteiger partial charge on any atom is -0.404 e. The van der Waals surface area contributed by atoms with Crippen molar-refractivity contribution in [2.75, 3.05) is 10.6 Å². The highest BCUT2D eigenvalue weighted by Gasteiger charge is 2.40. The van der Waals surface area contributed by atoms with Crippen molar-refractivity contribution in [1.29, 1.82) is 0 Å². The third-order valence-corrected chi connectivity index (χ3v) is 5.70. The third-order valence-electron chi connectivity index (χ3n) is 4.49. The maximum atomic E-state index is 13.0. The molecule has 1 aliphatic rings. The second kappa shape index (κ2) is 8.77. The normalized spacial score (nSPS) is 14.4. The third kappa shape index (κ3) is 5.69. The monoisotopic (exact) mass is 466 g/mol. The van der Waals surface area contributed by atoms with E-state index in [1.165, 1.54) is 12.1 Å². The van der Waals surface area contributed by atoms with Crippen LogP contribution in [0.3, 0.4) is 0 Å². The van der Waals surface area contributed by atoms with E-state index in [4.69, 9.17) is 0 Å². The minimum absolute atomic E-state index is 0.179. The van der Waals surface area contributed by atoms with Crippen LogP contribution in [0.4, 0.5) is 37.0 Å². The minimum atomic E-state index is -5.16. The van der Waals surface area contributed by atoms with Crippen molar-refractivity contribution in [3.05, 3.63) is 40.3 Å². The number of hydrogen-bond donors (Lipinski definition) is 2. The van der Waals surface area contributed by atoms with Crippen molar-refractivity contribution in [2.45, 2.75) is 44.6 Å². The van der Waals surface area contributed by atoms with E-state index in [2.05, 4.69) is 10.1 Å². The molecule has 0 bridgehead atoms. The first-order chi connectivity index (χ1) is 14.5. The van der Waals surface area contributed by atoms with Gasteiger partial charge in [0, 0.05) is 4.88 Å². The van der Waals surface area contributed by atoms with Gasteiger partial charge in [0.1, 0.15) is 5.00 Å². The molecular weight excluding hydrogens is 450 g/mol. The first kappa shape index (κ1) is 22.9. The number of rotatable bonds is 4. The maximum Gasteiger partial charge on any atom is 0.573 e. The smallest absolute Gasteiger partial charge is 0.404 e. The number of anilines is 2. The molecule has 5 nitrogen and oxygen atoms in total. The molecule has 31 heavy (non-hydrogen) atoms. The molecule has 1 aromatic carbocycles. The molecule has 0 fully saturated rings. The van der Waals surface area contributed by atoms with Gasteiger partial charge in [0.05, 0.1) is 11.3 Å². The van der Waals surface area contributed by atoms with Gasteiger partial charge in [0.15, 0.2) is 5.75 Å². The van der Waals surface area contributed by atoms with Crippen molar-refractivity contribution in [3.8, 4) is 5.75 Å². The lowest BCUT2D eigenvalue weighted by Crippen LogP contribution is -2.30. The Balaban J connectivity index is 1.97. The van der Waals surface area contributed by atoms with Crippen molar-refractivity contribution in [3.63, 3.8) is 0 Å². The fourth-order valence-electron chi connectivity index (χ4n) is 3.21. The van der Waals surface area contributed by atoms with E-state index in [1.807, 2.05) is 0 Å². The highest BCUT2D eigenvalue weighted by molar-refractivity contribution is 7.17. The molecule has 0 unspecified atom stereocenters. The summed E-state index contributed by atoms with van der Waals surface area (Å²) in [7, 11) is 0. The number of halogens is 6. The molecule has 0 aliphatic heterocycles. The Bertz CT molecular complexity index is 984. The van der Waals surface area contributed by atoms with Gasteiger partial charge in [-0.3, -0.25) is 9.59 Å². The summed E-state index contributed by atoms with van der Waals surface area (Å²) in [6.07, 6.45) is -6.94. The average Bonchev–Trinajstić information content (AvgIpc) is 2.82. The van der Waals surface area contributed by atoms with Crippen LogP contribution in [0.25, 0.3) is 0 Å². The molecule has 0 saturated heterocycles. The molecule has 12 heteroatoms. The fraction of sp³-hybridized carbons (Fsp3) is 0.368. The van der Waals surface area contributed by atoms with Crippen LogP contribution in [-0.4, -0.2) is 24.4 Å². The van der Waals surface area contributed by atoms with E-state index in [0.29, 0.717) is 29.7 Å². The Morgan fingerprint density at radius 2 is 1.61 bits per heavy atom. The van der Waals surface area contributed by atoms with E-state index in [9.17, 15) is 35.9 Å². The lowest BCUT2D eigenvalue weighted by Gasteiger charge is -2.15. The molecule has 2 aromatic rings. The zero-order chi connectivity index (χ0) is 22.8. The van der Waals surface area contributed by atoms with Crippen LogP contribution < -0.4 is 15.4 Å². The first-order valence-electron chi connectivity index (χ1n) is 9.14. The van der Waals surface area contributed by atoms with Crippen LogP contribution in [0.1, 0.15) is 40.1 Å². The van der Waals surface area contributed by atoms with Gasteiger partial charge in [0.25, 0.3) is 5.91 Å². The average molecular weight is 466 g/mol. The summed E-state index contributed by atoms with van der Waals surface area (Å²) >= 11 is 0.869. The second-order valence-corrected chi connectivity index (χ2v) is 7.82. The quantitative estimate of drug-likeness (QED) is 0.451. The summed E-state index contributed by atoms with van der Waals surface area (Å²) in [4.78, 5) is 25.1. The Labute approximate surface area is 176 Å². The molecule has 1 heterocycles. The van der Waals surface area contributed by atoms with Gasteiger partial charge < -0.3 is 15.4 Å². The van der Waals surface area contributed by atoms with Crippen molar-refractivity contribution >= 4 is 33.8 Å². The number of carbonyl (C=O) groups excluding carboxylic acids is 2. The Morgan fingerprint density at radius 3 is 2.29 bits per heavy atom. The standard InChI is InChI=1S/C19H16F6N2O3S/c20-18(21,22)17(29)27-16-14(10-6-2-1-3-9-13(10)31-16)15(28)26-11-7-4-5-8-12(11)30-19(23,24)25/h4-5,7-8H,1-3,6,9H2,(H,26,28)(H,27,29). The topological polar surface area (TPSA) is 67.4 Å². The zero-order valence-corrected chi connectivity index (χ0v) is 16.6. The summed E-state index contributed by atoms with van der Waals surface area (Å²) < 4.78 is 80.0. The Morgan fingerprint density at radius 1 is 0.935 bits per heavy atom. The van der Waals surface area contributed by atoms with Crippen LogP contribution >= 0.6 is 11.3 Å². The van der Waals surface area contributed by atoms with E-state index in [1.54, 1.807) is 5.32 Å². The second-order valence-electron chi connectivity index (χ2n) is 6.72. The number of carbonyl (C=O) groups is 2. The number of alkyl halides is 6. The number of hydrogen-bond acceptors (Lipinski definition) is 4. The van der Waals surface area contributed by atoms with Gasteiger partial charge >= 0.3 is 18.4 Å². The number of para-hydroxylation sites is 2. The van der Waals surface area contributed by atoms with E-state index >= 15 is 0 Å². The largest absolute Gasteiger partial charge is 0.573 e. The molecule has 3 rings (SSSR count). The predicted octanol–water partition coefficient (Wildman–Crippen LogP) is 5.67. The number of thiophene rings is 1. The van der Waals surface area contributed by atoms with Gasteiger partial charge in [-0.2, -0.15) is 13.2 Å². The SMILES string of the molecule is O=C(Nc1ccccc1OC(F)(F)F)c1c(NC(=O)C(F)(F)F)sc2c1CCCCC2. The van der Waals surface area contributed by atoms with Crippen LogP contribution in [0.2, 0.25) is 0 Å². The summed E-state index contributed by atoms with van der Waals surface area (Å²) in [6, 6.07) is 4.78. The number of ether oxygens (including phenoxy) is 1. The Kier molecular flexibility index (Phi) is 6.48. The molecule has 0 saturated carbocycles. The zero-order valence-electron chi connectivity index (χ0n) is 15.7. The summed E-state index contributed by atoms with van der Waals surface area (Å²) in [5.41, 5.74) is -0.000461. The summed E-state index contributed by atoms with van der Waals surface area (Å²) in [5.74, 6) is -3.85. The fourth-order valence-corrected chi connectivity index (χ4v) is 4.50. The van der Waals surface area contributed by atoms with Gasteiger partial charge in [0.2, 0.25) is 0 Å². The van der Waals surface area contributed by atoms with Crippen molar-refractivity contribution in [1.82, 2.24) is 0 Å². The van der Waals surface area contributed by atoms with Crippen LogP contribution in [0, 0.1) is 0 Å². The molecule has 168 valence electrons. The predicted molar refractivity (Wildman–Crippen MR) is 101 cm³/mol. The highest BCUT2D eigenvalue weighted by atomic mass is 32.1. The lowest BCUT2D eigenvalue weighted by atomic mass is 10.0. The number of amides is 2. The van der Waals surface area contributed by atoms with E-state index in [-0.39, 0.29) is 16.3 Å². The van der Waals surface area contributed by atoms with E-state index in [0.717, 1.165) is 36.3 Å².